The number of methoxy groups -OCH3 is 1. The maximum absolute atomic E-state index is 12.4. The van der Waals surface area contributed by atoms with E-state index in [4.69, 9.17) is 14.2 Å². The van der Waals surface area contributed by atoms with Crippen molar-refractivity contribution in [1.29, 1.82) is 0 Å². The SMILES string of the molecule is CCCCCCCCCCCCCCCCCCNC(=O)OCC(COC(=O)N(CCC[N+](C)(C)C)C(C)=O)OC. The Hall–Kier alpha value is -1.87. The summed E-state index contributed by atoms with van der Waals surface area (Å²) in [5.74, 6) is -0.366. The molecule has 0 saturated heterocycles. The molecule has 0 aromatic carbocycles. The Morgan fingerprint density at radius 3 is 1.61 bits per heavy atom. The van der Waals surface area contributed by atoms with E-state index < -0.39 is 18.3 Å². The molecule has 9 nitrogen and oxygen atoms in total. The van der Waals surface area contributed by atoms with Gasteiger partial charge in [-0.05, 0) is 6.42 Å². The lowest BCUT2D eigenvalue weighted by molar-refractivity contribution is -0.870. The predicted octanol–water partition coefficient (Wildman–Crippen LogP) is 7.07. The summed E-state index contributed by atoms with van der Waals surface area (Å²) in [6.07, 6.45) is 19.8. The quantitative estimate of drug-likeness (QED) is 0.0861. The van der Waals surface area contributed by atoms with Gasteiger partial charge >= 0.3 is 12.2 Å². The Morgan fingerprint density at radius 1 is 0.707 bits per heavy atom. The van der Waals surface area contributed by atoms with Gasteiger partial charge < -0.3 is 24.0 Å². The maximum Gasteiger partial charge on any atom is 0.416 e. The van der Waals surface area contributed by atoms with Gasteiger partial charge in [-0.3, -0.25) is 4.79 Å². The van der Waals surface area contributed by atoms with E-state index in [9.17, 15) is 14.4 Å². The molecule has 242 valence electrons. The third-order valence-electron chi connectivity index (χ3n) is 7.24. The molecule has 0 bridgehead atoms. The van der Waals surface area contributed by atoms with Crippen molar-refractivity contribution in [3.63, 3.8) is 0 Å². The number of quaternary nitrogens is 1. The van der Waals surface area contributed by atoms with E-state index in [1.807, 2.05) is 0 Å². The van der Waals surface area contributed by atoms with Gasteiger partial charge in [-0.15, -0.1) is 0 Å². The molecule has 0 spiro atoms. The van der Waals surface area contributed by atoms with Crippen LogP contribution in [0.5, 0.6) is 0 Å². The van der Waals surface area contributed by atoms with Gasteiger partial charge in [-0.1, -0.05) is 103 Å². The lowest BCUT2D eigenvalue weighted by Crippen LogP contribution is -2.41. The molecule has 0 aromatic heterocycles. The first-order valence-corrected chi connectivity index (χ1v) is 16.3. The van der Waals surface area contributed by atoms with Crippen molar-refractivity contribution in [3.8, 4) is 0 Å². The number of ether oxygens (including phenoxy) is 3. The van der Waals surface area contributed by atoms with Gasteiger partial charge in [0, 0.05) is 33.5 Å². The van der Waals surface area contributed by atoms with E-state index in [1.54, 1.807) is 0 Å². The van der Waals surface area contributed by atoms with Crippen LogP contribution >= 0.6 is 0 Å². The number of nitrogens with one attached hydrogen (secondary N) is 1. The Kier molecular flexibility index (Phi) is 24.6. The molecule has 0 rings (SSSR count). The number of hydrogen-bond acceptors (Lipinski definition) is 6. The second kappa shape index (κ2) is 25.8. The van der Waals surface area contributed by atoms with Gasteiger partial charge in [0.1, 0.15) is 19.3 Å². The van der Waals surface area contributed by atoms with E-state index in [-0.39, 0.29) is 19.1 Å². The largest absolute Gasteiger partial charge is 0.447 e. The number of rotatable bonds is 26. The third kappa shape index (κ3) is 25.6. The molecule has 0 fully saturated rings. The van der Waals surface area contributed by atoms with E-state index >= 15 is 0 Å². The zero-order chi connectivity index (χ0) is 30.8. The average Bonchev–Trinajstić information content (AvgIpc) is 2.92. The summed E-state index contributed by atoms with van der Waals surface area (Å²) in [6.45, 7) is 5.14. The van der Waals surface area contributed by atoms with Crippen LogP contribution in [0.2, 0.25) is 0 Å². The first-order valence-electron chi connectivity index (χ1n) is 16.3. The van der Waals surface area contributed by atoms with Crippen LogP contribution in [0.25, 0.3) is 0 Å². The zero-order valence-electron chi connectivity index (χ0n) is 27.5. The molecule has 0 radical (unpaired) electrons. The summed E-state index contributed by atoms with van der Waals surface area (Å²) in [7, 11) is 7.62. The normalized spacial score (nSPS) is 12.1. The monoisotopic (exact) mass is 586 g/mol. The van der Waals surface area contributed by atoms with Crippen molar-refractivity contribution in [3.05, 3.63) is 0 Å². The molecule has 9 heteroatoms. The van der Waals surface area contributed by atoms with Crippen LogP contribution in [0.1, 0.15) is 123 Å². The molecular formula is C32H64N3O6+. The Labute approximate surface area is 251 Å². The van der Waals surface area contributed by atoms with E-state index in [1.165, 1.54) is 104 Å². The highest BCUT2D eigenvalue weighted by molar-refractivity contribution is 5.90. The highest BCUT2D eigenvalue weighted by Crippen LogP contribution is 2.13. The molecule has 1 unspecified atom stereocenters. The second-order valence-electron chi connectivity index (χ2n) is 12.3. The zero-order valence-corrected chi connectivity index (χ0v) is 27.5. The summed E-state index contributed by atoms with van der Waals surface area (Å²) in [6, 6.07) is 0. The van der Waals surface area contributed by atoms with Gasteiger partial charge in [0.05, 0.1) is 27.7 Å². The standard InChI is InChI=1S/C32H63N3O6/c1-7-8-9-10-11-12-13-14-15-16-17-18-19-20-21-22-24-33-31(37)40-27-30(39-6)28-41-32(38)34(29(2)36)25-23-26-35(3,4)5/h30H,7-28H2,1-6H3/p+1. The van der Waals surface area contributed by atoms with E-state index in [0.29, 0.717) is 19.5 Å². The lowest BCUT2D eigenvalue weighted by atomic mass is 10.0. The summed E-state index contributed by atoms with van der Waals surface area (Å²) in [5.41, 5.74) is 0. The number of carbonyl (C=O) groups is 3. The van der Waals surface area contributed by atoms with Crippen LogP contribution in [0.15, 0.2) is 0 Å². The highest BCUT2D eigenvalue weighted by atomic mass is 16.6. The Bertz CT molecular complexity index is 668. The number of nitrogens with zero attached hydrogens (tertiary/aromatic N) is 2. The van der Waals surface area contributed by atoms with Gasteiger partial charge in [-0.25, -0.2) is 14.5 Å². The number of carbonyl (C=O) groups excluding carboxylic acids is 3. The van der Waals surface area contributed by atoms with Crippen LogP contribution in [0, 0.1) is 0 Å². The van der Waals surface area contributed by atoms with Crippen molar-refractivity contribution in [2.24, 2.45) is 0 Å². The van der Waals surface area contributed by atoms with Crippen LogP contribution in [-0.2, 0) is 19.0 Å². The molecular weight excluding hydrogens is 522 g/mol. The second-order valence-corrected chi connectivity index (χ2v) is 12.3. The smallest absolute Gasteiger partial charge is 0.416 e. The summed E-state index contributed by atoms with van der Waals surface area (Å²) in [4.78, 5) is 37.4. The topological polar surface area (TPSA) is 94.2 Å². The molecule has 41 heavy (non-hydrogen) atoms. The number of hydrogen-bond donors (Lipinski definition) is 1. The van der Waals surface area contributed by atoms with Crippen molar-refractivity contribution in [1.82, 2.24) is 10.2 Å². The predicted molar refractivity (Wildman–Crippen MR) is 166 cm³/mol. The van der Waals surface area contributed by atoms with Crippen LogP contribution in [0.3, 0.4) is 0 Å². The molecule has 0 aliphatic carbocycles. The molecule has 3 amide bonds. The van der Waals surface area contributed by atoms with Gasteiger partial charge in [0.25, 0.3) is 0 Å². The molecule has 1 atom stereocenters. The minimum absolute atomic E-state index is 0.0455. The van der Waals surface area contributed by atoms with Crippen LogP contribution in [-0.4, -0.2) is 94.7 Å². The van der Waals surface area contributed by atoms with Crippen molar-refractivity contribution in [2.75, 3.05) is 61.1 Å². The number of alkyl carbamates (subject to hydrolysis) is 1. The lowest BCUT2D eigenvalue weighted by Gasteiger charge is -2.26. The summed E-state index contributed by atoms with van der Waals surface area (Å²) >= 11 is 0. The number of unbranched alkanes of at least 4 members (excludes halogenated alkanes) is 15. The van der Waals surface area contributed by atoms with Gasteiger partial charge in [-0.2, -0.15) is 0 Å². The number of amides is 3. The molecule has 0 aliphatic heterocycles. The highest BCUT2D eigenvalue weighted by Gasteiger charge is 2.22. The average molecular weight is 587 g/mol. The van der Waals surface area contributed by atoms with Gasteiger partial charge in [0.15, 0.2) is 0 Å². The minimum Gasteiger partial charge on any atom is -0.447 e. The minimum atomic E-state index is -0.714. The fourth-order valence-electron chi connectivity index (χ4n) is 4.59. The maximum atomic E-state index is 12.4. The van der Waals surface area contributed by atoms with Crippen LogP contribution < -0.4 is 5.32 Å². The number of imide groups is 1. The van der Waals surface area contributed by atoms with Crippen molar-refractivity contribution < 1.29 is 33.1 Å². The fourth-order valence-corrected chi connectivity index (χ4v) is 4.59. The van der Waals surface area contributed by atoms with Crippen molar-refractivity contribution >= 4 is 18.1 Å². The third-order valence-corrected chi connectivity index (χ3v) is 7.24. The van der Waals surface area contributed by atoms with Crippen LogP contribution in [0.4, 0.5) is 9.59 Å². The molecule has 0 aromatic rings. The first-order chi connectivity index (χ1) is 19.6. The van der Waals surface area contributed by atoms with Crippen molar-refractivity contribution in [2.45, 2.75) is 129 Å². The summed E-state index contributed by atoms with van der Waals surface area (Å²) in [5, 5.41) is 2.77. The first kappa shape index (κ1) is 39.1. The molecule has 0 heterocycles. The molecule has 1 N–H and O–H groups in total. The van der Waals surface area contributed by atoms with E-state index in [2.05, 4.69) is 33.4 Å². The Morgan fingerprint density at radius 2 is 1.17 bits per heavy atom. The van der Waals surface area contributed by atoms with Gasteiger partial charge in [0.2, 0.25) is 5.91 Å². The summed E-state index contributed by atoms with van der Waals surface area (Å²) < 4.78 is 16.5. The molecule has 0 saturated carbocycles. The Balaban J connectivity index is 3.77. The molecule has 0 aliphatic rings. The fraction of sp³-hybridized carbons (Fsp3) is 0.906. The van der Waals surface area contributed by atoms with E-state index in [0.717, 1.165) is 28.8 Å².